The second-order valence-corrected chi connectivity index (χ2v) is 4.78. The first-order valence-corrected chi connectivity index (χ1v) is 6.68. The van der Waals surface area contributed by atoms with Crippen molar-refractivity contribution < 1.29 is 4.74 Å². The number of aromatic nitrogens is 1. The number of benzene rings is 1. The van der Waals surface area contributed by atoms with Crippen LogP contribution in [0.15, 0.2) is 42.7 Å². The Morgan fingerprint density at radius 2 is 1.95 bits per heavy atom. The summed E-state index contributed by atoms with van der Waals surface area (Å²) >= 11 is 0. The Balaban J connectivity index is 0.00000110. The van der Waals surface area contributed by atoms with Crippen molar-refractivity contribution in [3.05, 3.63) is 53.9 Å². The van der Waals surface area contributed by atoms with E-state index in [9.17, 15) is 0 Å². The number of likely N-dealkylation sites (N-methyl/N-ethyl adjacent to an activating group) is 1. The SMILES string of the molecule is CNC[C@H]1OCCc2c(-c3ccncc3)cccc21.Cl.Cl. The van der Waals surface area contributed by atoms with Crippen LogP contribution in [0.3, 0.4) is 0 Å². The van der Waals surface area contributed by atoms with Gasteiger partial charge in [-0.2, -0.15) is 0 Å². The van der Waals surface area contributed by atoms with Gasteiger partial charge < -0.3 is 10.1 Å². The number of halogens is 2. The number of ether oxygens (including phenoxy) is 1. The first-order chi connectivity index (χ1) is 9.40. The highest BCUT2D eigenvalue weighted by atomic mass is 35.5. The lowest BCUT2D eigenvalue weighted by Crippen LogP contribution is -2.25. The summed E-state index contributed by atoms with van der Waals surface area (Å²) < 4.78 is 5.86. The van der Waals surface area contributed by atoms with E-state index < -0.39 is 0 Å². The van der Waals surface area contributed by atoms with Crippen molar-refractivity contribution in [2.75, 3.05) is 20.2 Å². The van der Waals surface area contributed by atoms with Crippen molar-refractivity contribution in [2.24, 2.45) is 0 Å². The topological polar surface area (TPSA) is 34.1 Å². The molecule has 1 N–H and O–H groups in total. The highest BCUT2D eigenvalue weighted by molar-refractivity contribution is 5.85. The van der Waals surface area contributed by atoms with Gasteiger partial charge in [-0.3, -0.25) is 4.98 Å². The minimum absolute atomic E-state index is 0. The molecule has 0 saturated carbocycles. The van der Waals surface area contributed by atoms with Crippen LogP contribution in [0.2, 0.25) is 0 Å². The number of hydrogen-bond donors (Lipinski definition) is 1. The van der Waals surface area contributed by atoms with Gasteiger partial charge in [-0.05, 0) is 47.9 Å². The van der Waals surface area contributed by atoms with Crippen molar-refractivity contribution in [3.63, 3.8) is 0 Å². The largest absolute Gasteiger partial charge is 0.372 e. The molecule has 1 atom stereocenters. The molecule has 0 radical (unpaired) electrons. The normalized spacial score (nSPS) is 16.3. The predicted molar refractivity (Wildman–Crippen MR) is 90.5 cm³/mol. The Morgan fingerprint density at radius 3 is 2.67 bits per heavy atom. The molecule has 1 aliphatic heterocycles. The molecule has 0 bridgehead atoms. The third kappa shape index (κ3) is 3.74. The molecule has 3 nitrogen and oxygen atoms in total. The number of rotatable bonds is 3. The monoisotopic (exact) mass is 326 g/mol. The number of nitrogens with zero attached hydrogens (tertiary/aromatic N) is 1. The van der Waals surface area contributed by atoms with Crippen LogP contribution < -0.4 is 5.32 Å². The van der Waals surface area contributed by atoms with Crippen molar-refractivity contribution in [2.45, 2.75) is 12.5 Å². The van der Waals surface area contributed by atoms with Crippen molar-refractivity contribution in [3.8, 4) is 11.1 Å². The van der Waals surface area contributed by atoms with E-state index in [1.807, 2.05) is 19.4 Å². The molecule has 21 heavy (non-hydrogen) atoms. The highest BCUT2D eigenvalue weighted by Gasteiger charge is 2.22. The average molecular weight is 327 g/mol. The Labute approximate surface area is 137 Å². The van der Waals surface area contributed by atoms with E-state index in [2.05, 4.69) is 40.6 Å². The minimum Gasteiger partial charge on any atom is -0.372 e. The number of nitrogens with one attached hydrogen (secondary N) is 1. The van der Waals surface area contributed by atoms with Gasteiger partial charge in [0.05, 0.1) is 12.7 Å². The van der Waals surface area contributed by atoms with Crippen LogP contribution in [0.1, 0.15) is 17.2 Å². The van der Waals surface area contributed by atoms with E-state index in [1.54, 1.807) is 0 Å². The zero-order chi connectivity index (χ0) is 13.1. The summed E-state index contributed by atoms with van der Waals surface area (Å²) in [5, 5.41) is 3.20. The lowest BCUT2D eigenvalue weighted by Gasteiger charge is -2.27. The Hall–Kier alpha value is -1.13. The Bertz CT molecular complexity index is 563. The molecule has 3 rings (SSSR count). The zero-order valence-corrected chi connectivity index (χ0v) is 13.5. The first-order valence-electron chi connectivity index (χ1n) is 6.68. The number of hydrogen-bond acceptors (Lipinski definition) is 3. The maximum absolute atomic E-state index is 5.86. The third-order valence-electron chi connectivity index (χ3n) is 3.61. The minimum atomic E-state index is 0. The fourth-order valence-corrected chi connectivity index (χ4v) is 2.73. The molecule has 0 spiro atoms. The maximum atomic E-state index is 5.86. The summed E-state index contributed by atoms with van der Waals surface area (Å²) in [7, 11) is 1.96. The molecule has 114 valence electrons. The molecular weight excluding hydrogens is 307 g/mol. The summed E-state index contributed by atoms with van der Waals surface area (Å²) in [6.07, 6.45) is 4.84. The van der Waals surface area contributed by atoms with Crippen LogP contribution in [-0.2, 0) is 11.2 Å². The average Bonchev–Trinajstić information content (AvgIpc) is 2.48. The quantitative estimate of drug-likeness (QED) is 0.938. The van der Waals surface area contributed by atoms with E-state index in [0.717, 1.165) is 19.6 Å². The van der Waals surface area contributed by atoms with E-state index in [1.165, 1.54) is 22.3 Å². The van der Waals surface area contributed by atoms with E-state index in [0.29, 0.717) is 0 Å². The second-order valence-electron chi connectivity index (χ2n) is 4.78. The highest BCUT2D eigenvalue weighted by Crippen LogP contribution is 2.33. The fraction of sp³-hybridized carbons (Fsp3) is 0.312. The van der Waals surface area contributed by atoms with Gasteiger partial charge in [-0.15, -0.1) is 24.8 Å². The summed E-state index contributed by atoms with van der Waals surface area (Å²) in [5.74, 6) is 0. The van der Waals surface area contributed by atoms with E-state index in [-0.39, 0.29) is 30.9 Å². The van der Waals surface area contributed by atoms with Gasteiger partial charge >= 0.3 is 0 Å². The molecule has 2 heterocycles. The summed E-state index contributed by atoms with van der Waals surface area (Å²) in [5.41, 5.74) is 5.27. The maximum Gasteiger partial charge on any atom is 0.0952 e. The smallest absolute Gasteiger partial charge is 0.0952 e. The summed E-state index contributed by atoms with van der Waals surface area (Å²) in [6, 6.07) is 10.6. The third-order valence-corrected chi connectivity index (χ3v) is 3.61. The molecule has 0 aliphatic carbocycles. The van der Waals surface area contributed by atoms with Gasteiger partial charge in [0.2, 0.25) is 0 Å². The van der Waals surface area contributed by atoms with E-state index >= 15 is 0 Å². The molecule has 2 aromatic rings. The van der Waals surface area contributed by atoms with Gasteiger partial charge in [0, 0.05) is 18.9 Å². The van der Waals surface area contributed by atoms with Crippen LogP contribution >= 0.6 is 24.8 Å². The molecule has 5 heteroatoms. The summed E-state index contributed by atoms with van der Waals surface area (Å²) in [6.45, 7) is 1.65. The van der Waals surface area contributed by atoms with Gasteiger partial charge in [0.15, 0.2) is 0 Å². The molecular formula is C16H20Cl2N2O. The van der Waals surface area contributed by atoms with Gasteiger partial charge in [0.1, 0.15) is 0 Å². The van der Waals surface area contributed by atoms with Crippen LogP contribution in [0, 0.1) is 0 Å². The van der Waals surface area contributed by atoms with Crippen LogP contribution in [0.4, 0.5) is 0 Å². The van der Waals surface area contributed by atoms with Crippen molar-refractivity contribution in [1.82, 2.24) is 10.3 Å². The van der Waals surface area contributed by atoms with Crippen molar-refractivity contribution >= 4 is 24.8 Å². The predicted octanol–water partition coefficient (Wildman–Crippen LogP) is 3.43. The van der Waals surface area contributed by atoms with Gasteiger partial charge in [0.25, 0.3) is 0 Å². The lowest BCUT2D eigenvalue weighted by molar-refractivity contribution is 0.0440. The van der Waals surface area contributed by atoms with Crippen molar-refractivity contribution in [1.29, 1.82) is 0 Å². The van der Waals surface area contributed by atoms with Crippen LogP contribution in [0.5, 0.6) is 0 Å². The fourth-order valence-electron chi connectivity index (χ4n) is 2.73. The molecule has 0 saturated heterocycles. The molecule has 0 amide bonds. The standard InChI is InChI=1S/C16H18N2O.2ClH/c1-17-11-16-15-4-2-3-13(14(15)7-10-19-16)12-5-8-18-9-6-12;;/h2-6,8-9,16-17H,7,10-11H2,1H3;2*1H/t16-;;/m1../s1. The zero-order valence-electron chi connectivity index (χ0n) is 11.9. The van der Waals surface area contributed by atoms with Crippen LogP contribution in [0.25, 0.3) is 11.1 Å². The Kier molecular flexibility index (Phi) is 7.12. The molecule has 1 aromatic heterocycles. The van der Waals surface area contributed by atoms with Crippen LogP contribution in [-0.4, -0.2) is 25.2 Å². The van der Waals surface area contributed by atoms with Gasteiger partial charge in [-0.25, -0.2) is 0 Å². The molecule has 0 unspecified atom stereocenters. The molecule has 1 aromatic carbocycles. The summed E-state index contributed by atoms with van der Waals surface area (Å²) in [4.78, 5) is 4.09. The second kappa shape index (κ2) is 8.35. The Morgan fingerprint density at radius 1 is 1.19 bits per heavy atom. The first kappa shape index (κ1) is 17.9. The number of pyridine rings is 1. The molecule has 0 fully saturated rings. The lowest BCUT2D eigenvalue weighted by atomic mass is 9.90. The number of fused-ring (bicyclic) bond motifs is 1. The van der Waals surface area contributed by atoms with Gasteiger partial charge in [-0.1, -0.05) is 18.2 Å². The van der Waals surface area contributed by atoms with E-state index in [4.69, 9.17) is 4.74 Å². The molecule has 1 aliphatic rings.